The largest absolute Gasteiger partial charge is 0.393 e. The first kappa shape index (κ1) is 26.6. The highest BCUT2D eigenvalue weighted by Crippen LogP contribution is 2.72. The van der Waals surface area contributed by atoms with Crippen molar-refractivity contribution in [2.75, 3.05) is 0 Å². The molecule has 4 rings (SSSR count). The number of ketones is 1. The summed E-state index contributed by atoms with van der Waals surface area (Å²) in [6.07, 6.45) is 11.3. The van der Waals surface area contributed by atoms with Gasteiger partial charge in [0.2, 0.25) is 0 Å². The van der Waals surface area contributed by atoms with Gasteiger partial charge in [-0.1, -0.05) is 70.6 Å². The zero-order valence-corrected chi connectivity index (χ0v) is 23.4. The van der Waals surface area contributed by atoms with E-state index in [0.717, 1.165) is 31.3 Å². The summed E-state index contributed by atoms with van der Waals surface area (Å²) in [7, 11) is 0. The molecular weight excluding hydrogens is 432 g/mol. The fourth-order valence-electron chi connectivity index (χ4n) is 8.95. The van der Waals surface area contributed by atoms with Gasteiger partial charge in [0.15, 0.2) is 0 Å². The van der Waals surface area contributed by atoms with Crippen LogP contribution in [0.15, 0.2) is 47.1 Å². The van der Waals surface area contributed by atoms with Crippen LogP contribution in [0.3, 0.4) is 0 Å². The molecule has 0 unspecified atom stereocenters. The van der Waals surface area contributed by atoms with Crippen molar-refractivity contribution in [3.8, 4) is 0 Å². The Hall–Kier alpha value is -1.45. The van der Waals surface area contributed by atoms with Gasteiger partial charge >= 0.3 is 0 Å². The molecule has 2 N–H and O–H groups in total. The Balaban J connectivity index is 1.77. The van der Waals surface area contributed by atoms with E-state index in [1.165, 1.54) is 16.7 Å². The van der Waals surface area contributed by atoms with E-state index in [1.54, 1.807) is 6.92 Å². The van der Waals surface area contributed by atoms with Crippen LogP contribution in [-0.2, 0) is 4.79 Å². The topological polar surface area (TPSA) is 57.5 Å². The minimum absolute atomic E-state index is 0.0349. The zero-order valence-electron chi connectivity index (χ0n) is 23.4. The number of allylic oxidation sites excluding steroid dienone is 7. The van der Waals surface area contributed by atoms with Gasteiger partial charge in [0.25, 0.3) is 0 Å². The first-order valence-electron chi connectivity index (χ1n) is 13.7. The Morgan fingerprint density at radius 3 is 2.37 bits per heavy atom. The number of Topliss-reactive ketones (excluding diaryl/α,β-unsaturated/α-hetero) is 1. The Kier molecular flexibility index (Phi) is 6.50. The molecule has 3 heteroatoms. The molecule has 0 aromatic rings. The van der Waals surface area contributed by atoms with Crippen LogP contribution in [0.1, 0.15) is 93.9 Å². The van der Waals surface area contributed by atoms with Gasteiger partial charge in [0, 0.05) is 17.3 Å². The number of carbonyl (C=O) groups excluding carboxylic acids is 1. The number of aliphatic hydroxyl groups excluding tert-OH is 2. The van der Waals surface area contributed by atoms with E-state index >= 15 is 0 Å². The van der Waals surface area contributed by atoms with E-state index in [9.17, 15) is 15.0 Å². The molecule has 8 atom stereocenters. The normalized spacial score (nSPS) is 42.6. The average Bonchev–Trinajstić information content (AvgIpc) is 2.96. The van der Waals surface area contributed by atoms with Gasteiger partial charge in [0.1, 0.15) is 5.78 Å². The number of hydrogen-bond donors (Lipinski definition) is 2. The summed E-state index contributed by atoms with van der Waals surface area (Å²) in [5.74, 6) is 0.0438. The molecule has 2 fully saturated rings. The van der Waals surface area contributed by atoms with Gasteiger partial charge < -0.3 is 10.2 Å². The molecule has 0 radical (unpaired) electrons. The van der Waals surface area contributed by atoms with Crippen LogP contribution in [0, 0.1) is 39.4 Å². The van der Waals surface area contributed by atoms with E-state index < -0.39 is 6.10 Å². The fraction of sp³-hybridized carbons (Fsp3) is 0.719. The summed E-state index contributed by atoms with van der Waals surface area (Å²) in [6.45, 7) is 21.7. The monoisotopic (exact) mass is 480 g/mol. The summed E-state index contributed by atoms with van der Waals surface area (Å²) in [5, 5.41) is 22.4. The minimum Gasteiger partial charge on any atom is -0.393 e. The molecule has 3 nitrogen and oxygen atoms in total. The van der Waals surface area contributed by atoms with Crippen molar-refractivity contribution < 1.29 is 15.0 Å². The van der Waals surface area contributed by atoms with Gasteiger partial charge in [-0.15, -0.1) is 0 Å². The lowest BCUT2D eigenvalue weighted by molar-refractivity contribution is -0.124. The van der Waals surface area contributed by atoms with Crippen LogP contribution in [0.4, 0.5) is 0 Å². The molecule has 194 valence electrons. The lowest BCUT2D eigenvalue weighted by atomic mass is 9.44. The van der Waals surface area contributed by atoms with Crippen LogP contribution < -0.4 is 0 Å². The molecule has 2 saturated carbocycles. The van der Waals surface area contributed by atoms with Gasteiger partial charge in [-0.25, -0.2) is 0 Å². The standard InChI is InChI=1S/C32H48O3/c1-19(2)10-11-20(3)27(21(4)33)28-24(34)18-32(9)23-12-13-25-29(5,6)26(35)15-16-30(25,7)22(23)14-17-31(28,32)8/h10,12,14,24-28,34-35H,3,11,13,15-18H2,1-2,4-9H3/t24-,25-,26-,27+,28+,30+,31+,32-/m0/s1. The maximum atomic E-state index is 13.1. The number of rotatable bonds is 5. The molecule has 0 amide bonds. The van der Waals surface area contributed by atoms with Crippen molar-refractivity contribution in [3.63, 3.8) is 0 Å². The average molecular weight is 481 g/mol. The third-order valence-corrected chi connectivity index (χ3v) is 11.3. The molecule has 0 aromatic heterocycles. The van der Waals surface area contributed by atoms with Crippen molar-refractivity contribution in [3.05, 3.63) is 47.1 Å². The first-order chi connectivity index (χ1) is 16.1. The van der Waals surface area contributed by atoms with Gasteiger partial charge in [-0.05, 0) is 92.6 Å². The van der Waals surface area contributed by atoms with Crippen LogP contribution in [0.2, 0.25) is 0 Å². The van der Waals surface area contributed by atoms with Crippen LogP contribution >= 0.6 is 0 Å². The Labute approximate surface area is 213 Å². The summed E-state index contributed by atoms with van der Waals surface area (Å²) in [5.41, 5.74) is 4.48. The molecule has 0 saturated heterocycles. The number of aliphatic hydroxyl groups is 2. The van der Waals surface area contributed by atoms with Crippen molar-refractivity contribution in [1.29, 1.82) is 0 Å². The first-order valence-corrected chi connectivity index (χ1v) is 13.7. The maximum absolute atomic E-state index is 13.1. The van der Waals surface area contributed by atoms with E-state index in [2.05, 4.69) is 73.3 Å². The molecular formula is C32H48O3. The third-order valence-electron chi connectivity index (χ3n) is 11.3. The van der Waals surface area contributed by atoms with Crippen molar-refractivity contribution in [2.45, 2.75) is 106 Å². The van der Waals surface area contributed by atoms with E-state index in [1.807, 2.05) is 0 Å². The highest BCUT2D eigenvalue weighted by atomic mass is 16.3. The predicted octanol–water partition coefficient (Wildman–Crippen LogP) is 6.96. The smallest absolute Gasteiger partial charge is 0.137 e. The summed E-state index contributed by atoms with van der Waals surface area (Å²) < 4.78 is 0. The molecule has 35 heavy (non-hydrogen) atoms. The van der Waals surface area contributed by atoms with Gasteiger partial charge in [0.05, 0.1) is 12.2 Å². The SMILES string of the molecule is C=C(CC=C(C)C)[C@H](C(C)=O)[C@H]1[C@@H](O)C[C@@]2(C)C3=CC[C@H]4C(C)(C)[C@@H](O)CC[C@]4(C)C3=CC[C@]12C. The Morgan fingerprint density at radius 1 is 1.11 bits per heavy atom. The van der Waals surface area contributed by atoms with Crippen molar-refractivity contribution in [2.24, 2.45) is 39.4 Å². The molecule has 0 aromatic carbocycles. The Bertz CT molecular complexity index is 1010. The second kappa shape index (κ2) is 8.55. The number of hydrogen-bond acceptors (Lipinski definition) is 3. The maximum Gasteiger partial charge on any atom is 0.137 e. The quantitative estimate of drug-likeness (QED) is 0.418. The molecule has 0 heterocycles. The molecule has 0 spiro atoms. The van der Waals surface area contributed by atoms with Gasteiger partial charge in [-0.2, -0.15) is 0 Å². The lowest BCUT2D eigenvalue weighted by Gasteiger charge is -2.61. The number of carbonyl (C=O) groups is 1. The molecule has 0 aliphatic heterocycles. The zero-order chi connectivity index (χ0) is 26.1. The van der Waals surface area contributed by atoms with Crippen LogP contribution in [0.25, 0.3) is 0 Å². The van der Waals surface area contributed by atoms with E-state index in [4.69, 9.17) is 0 Å². The fourth-order valence-corrected chi connectivity index (χ4v) is 8.95. The van der Waals surface area contributed by atoms with E-state index in [0.29, 0.717) is 18.8 Å². The summed E-state index contributed by atoms with van der Waals surface area (Å²) >= 11 is 0. The minimum atomic E-state index is -0.536. The van der Waals surface area contributed by atoms with Gasteiger partial charge in [-0.3, -0.25) is 4.79 Å². The Morgan fingerprint density at radius 2 is 1.77 bits per heavy atom. The summed E-state index contributed by atoms with van der Waals surface area (Å²) in [4.78, 5) is 13.1. The second-order valence-electron chi connectivity index (χ2n) is 13.8. The third kappa shape index (κ3) is 3.71. The molecule has 4 aliphatic rings. The van der Waals surface area contributed by atoms with Crippen LogP contribution in [0.5, 0.6) is 0 Å². The highest BCUT2D eigenvalue weighted by molar-refractivity contribution is 5.82. The van der Waals surface area contributed by atoms with Crippen LogP contribution in [-0.4, -0.2) is 28.2 Å². The van der Waals surface area contributed by atoms with Crippen molar-refractivity contribution >= 4 is 5.78 Å². The van der Waals surface area contributed by atoms with E-state index in [-0.39, 0.29) is 45.4 Å². The lowest BCUT2D eigenvalue weighted by Crippen LogP contribution is -2.54. The highest BCUT2D eigenvalue weighted by Gasteiger charge is 2.66. The van der Waals surface area contributed by atoms with Crippen molar-refractivity contribution in [1.82, 2.24) is 0 Å². The second-order valence-corrected chi connectivity index (χ2v) is 13.8. The number of fused-ring (bicyclic) bond motifs is 5. The molecule has 4 aliphatic carbocycles. The molecule has 0 bridgehead atoms. The summed E-state index contributed by atoms with van der Waals surface area (Å²) in [6, 6.07) is 0. The predicted molar refractivity (Wildman–Crippen MR) is 144 cm³/mol.